The van der Waals surface area contributed by atoms with Crippen molar-refractivity contribution >= 4 is 5.97 Å². The fraction of sp³-hybridized carbons (Fsp3) is 0.533. The molecule has 0 saturated carbocycles. The molecule has 0 spiro atoms. The second-order valence-corrected chi connectivity index (χ2v) is 5.39. The third-order valence-corrected chi connectivity index (χ3v) is 3.71. The Balaban J connectivity index is 2.32. The summed E-state index contributed by atoms with van der Waals surface area (Å²) >= 11 is 0. The van der Waals surface area contributed by atoms with Gasteiger partial charge in [-0.05, 0) is 33.3 Å². The van der Waals surface area contributed by atoms with Crippen molar-refractivity contribution in [3.8, 4) is 0 Å². The van der Waals surface area contributed by atoms with E-state index in [0.717, 1.165) is 12.2 Å². The molecule has 0 aromatic carbocycles. The van der Waals surface area contributed by atoms with E-state index in [4.69, 9.17) is 13.9 Å². The second-order valence-electron chi connectivity index (χ2n) is 5.39. The SMILES string of the molecule is C=C[C@@H]1C[C@H](c2cc(C(=O)OC)c(C)o2)C(C)(C)O1. The van der Waals surface area contributed by atoms with Crippen LogP contribution in [0.1, 0.15) is 48.1 Å². The number of carbonyl (C=O) groups is 1. The quantitative estimate of drug-likeness (QED) is 0.621. The van der Waals surface area contributed by atoms with E-state index in [0.29, 0.717) is 11.3 Å². The Morgan fingerprint density at radius 1 is 1.58 bits per heavy atom. The highest BCUT2D eigenvalue weighted by Gasteiger charge is 2.43. The van der Waals surface area contributed by atoms with E-state index in [9.17, 15) is 4.79 Å². The highest BCUT2D eigenvalue weighted by atomic mass is 16.5. The Hall–Kier alpha value is -1.55. The van der Waals surface area contributed by atoms with Gasteiger partial charge in [0.05, 0.1) is 18.8 Å². The summed E-state index contributed by atoms with van der Waals surface area (Å²) in [6.45, 7) is 9.59. The molecule has 2 heterocycles. The van der Waals surface area contributed by atoms with Gasteiger partial charge >= 0.3 is 5.97 Å². The normalized spacial score (nSPS) is 25.3. The van der Waals surface area contributed by atoms with Crippen molar-refractivity contribution in [3.63, 3.8) is 0 Å². The molecule has 2 rings (SSSR count). The molecule has 4 heteroatoms. The maximum atomic E-state index is 11.6. The molecule has 0 amide bonds. The summed E-state index contributed by atoms with van der Waals surface area (Å²) in [5.74, 6) is 1.09. The first-order valence-corrected chi connectivity index (χ1v) is 6.38. The topological polar surface area (TPSA) is 48.7 Å². The van der Waals surface area contributed by atoms with E-state index in [1.165, 1.54) is 7.11 Å². The zero-order valence-corrected chi connectivity index (χ0v) is 11.9. The summed E-state index contributed by atoms with van der Waals surface area (Å²) in [6.07, 6.45) is 2.63. The summed E-state index contributed by atoms with van der Waals surface area (Å²) in [5, 5.41) is 0. The molecule has 4 nitrogen and oxygen atoms in total. The van der Waals surface area contributed by atoms with Crippen molar-refractivity contribution in [2.45, 2.75) is 44.8 Å². The van der Waals surface area contributed by atoms with E-state index in [1.807, 2.05) is 13.8 Å². The van der Waals surface area contributed by atoms with E-state index in [2.05, 4.69) is 6.58 Å². The first-order chi connectivity index (χ1) is 8.89. The summed E-state index contributed by atoms with van der Waals surface area (Å²) < 4.78 is 16.4. The van der Waals surface area contributed by atoms with Gasteiger partial charge in [0.1, 0.15) is 17.1 Å². The average Bonchev–Trinajstić information content (AvgIpc) is 2.88. The van der Waals surface area contributed by atoms with Crippen molar-refractivity contribution in [1.29, 1.82) is 0 Å². The largest absolute Gasteiger partial charge is 0.465 e. The minimum Gasteiger partial charge on any atom is -0.465 e. The summed E-state index contributed by atoms with van der Waals surface area (Å²) in [5.41, 5.74) is 0.145. The molecule has 1 saturated heterocycles. The molecule has 0 N–H and O–H groups in total. The van der Waals surface area contributed by atoms with Gasteiger partial charge in [-0.3, -0.25) is 0 Å². The minimum absolute atomic E-state index is 0.0204. The molecular formula is C15H20O4. The number of rotatable bonds is 3. The summed E-state index contributed by atoms with van der Waals surface area (Å²) in [6, 6.07) is 1.77. The van der Waals surface area contributed by atoms with Gasteiger partial charge in [-0.2, -0.15) is 0 Å². The molecule has 0 aliphatic carbocycles. The molecule has 1 aromatic rings. The Morgan fingerprint density at radius 3 is 2.79 bits per heavy atom. The minimum atomic E-state index is -0.371. The lowest BCUT2D eigenvalue weighted by atomic mass is 9.87. The summed E-state index contributed by atoms with van der Waals surface area (Å²) in [4.78, 5) is 11.6. The van der Waals surface area contributed by atoms with Crippen LogP contribution in [0.5, 0.6) is 0 Å². The van der Waals surface area contributed by atoms with Crippen LogP contribution in [0.25, 0.3) is 0 Å². The van der Waals surface area contributed by atoms with Crippen LogP contribution in [-0.4, -0.2) is 24.8 Å². The molecule has 0 unspecified atom stereocenters. The van der Waals surface area contributed by atoms with E-state index in [-0.39, 0.29) is 23.6 Å². The van der Waals surface area contributed by atoms with E-state index >= 15 is 0 Å². The molecule has 1 aliphatic heterocycles. The van der Waals surface area contributed by atoms with Gasteiger partial charge in [0.15, 0.2) is 0 Å². The molecule has 1 aromatic heterocycles. The van der Waals surface area contributed by atoms with Crippen molar-refractivity contribution in [2.24, 2.45) is 0 Å². The lowest BCUT2D eigenvalue weighted by Gasteiger charge is -2.24. The lowest BCUT2D eigenvalue weighted by Crippen LogP contribution is -2.25. The van der Waals surface area contributed by atoms with Crippen molar-refractivity contribution in [1.82, 2.24) is 0 Å². The fourth-order valence-corrected chi connectivity index (χ4v) is 2.63. The zero-order valence-electron chi connectivity index (χ0n) is 11.9. The van der Waals surface area contributed by atoms with E-state index in [1.54, 1.807) is 19.1 Å². The van der Waals surface area contributed by atoms with Gasteiger partial charge in [-0.15, -0.1) is 6.58 Å². The van der Waals surface area contributed by atoms with Crippen LogP contribution in [0.4, 0.5) is 0 Å². The van der Waals surface area contributed by atoms with Crippen LogP contribution in [0.3, 0.4) is 0 Å². The molecule has 0 radical (unpaired) electrons. The maximum absolute atomic E-state index is 11.6. The number of hydrogen-bond donors (Lipinski definition) is 0. The Morgan fingerprint density at radius 2 is 2.26 bits per heavy atom. The van der Waals surface area contributed by atoms with E-state index < -0.39 is 0 Å². The van der Waals surface area contributed by atoms with Crippen molar-refractivity contribution in [3.05, 3.63) is 35.8 Å². The van der Waals surface area contributed by atoms with Crippen LogP contribution in [0.2, 0.25) is 0 Å². The van der Waals surface area contributed by atoms with Gasteiger partial charge in [0, 0.05) is 5.92 Å². The fourth-order valence-electron chi connectivity index (χ4n) is 2.63. The maximum Gasteiger partial charge on any atom is 0.341 e. The van der Waals surface area contributed by atoms with Crippen LogP contribution in [0, 0.1) is 6.92 Å². The Labute approximate surface area is 113 Å². The number of carbonyl (C=O) groups excluding carboxylic acids is 1. The molecule has 19 heavy (non-hydrogen) atoms. The first kappa shape index (κ1) is 13.9. The van der Waals surface area contributed by atoms with Crippen molar-refractivity contribution in [2.75, 3.05) is 7.11 Å². The molecule has 0 bridgehead atoms. The summed E-state index contributed by atoms with van der Waals surface area (Å²) in [7, 11) is 1.37. The van der Waals surface area contributed by atoms with Crippen LogP contribution < -0.4 is 0 Å². The van der Waals surface area contributed by atoms with Gasteiger partial charge in [0.25, 0.3) is 0 Å². The molecule has 2 atom stereocenters. The average molecular weight is 264 g/mol. The number of hydrogen-bond acceptors (Lipinski definition) is 4. The van der Waals surface area contributed by atoms with Gasteiger partial charge < -0.3 is 13.9 Å². The predicted octanol–water partition coefficient (Wildman–Crippen LogP) is 3.21. The third-order valence-electron chi connectivity index (χ3n) is 3.71. The highest BCUT2D eigenvalue weighted by Crippen LogP contribution is 2.44. The zero-order chi connectivity index (χ0) is 14.2. The lowest BCUT2D eigenvalue weighted by molar-refractivity contribution is -0.00442. The highest BCUT2D eigenvalue weighted by molar-refractivity contribution is 5.90. The third kappa shape index (κ3) is 2.45. The predicted molar refractivity (Wildman–Crippen MR) is 71.3 cm³/mol. The smallest absolute Gasteiger partial charge is 0.341 e. The van der Waals surface area contributed by atoms with Gasteiger partial charge in [0.2, 0.25) is 0 Å². The number of esters is 1. The standard InChI is InChI=1S/C15H20O4/c1-6-10-7-12(15(3,4)19-10)13-8-11(9(2)18-13)14(16)17-5/h6,8,10,12H,1,7H2,2-5H3/t10-,12-/m1/s1. The number of furan rings is 1. The number of methoxy groups -OCH3 is 1. The first-order valence-electron chi connectivity index (χ1n) is 6.38. The molecular weight excluding hydrogens is 244 g/mol. The molecule has 1 fully saturated rings. The number of aryl methyl sites for hydroxylation is 1. The Bertz CT molecular complexity index is 498. The van der Waals surface area contributed by atoms with Crippen LogP contribution in [0.15, 0.2) is 23.1 Å². The molecule has 104 valence electrons. The van der Waals surface area contributed by atoms with Crippen LogP contribution in [-0.2, 0) is 9.47 Å². The van der Waals surface area contributed by atoms with Crippen molar-refractivity contribution < 1.29 is 18.7 Å². The van der Waals surface area contributed by atoms with Gasteiger partial charge in [-0.25, -0.2) is 4.79 Å². The molecule has 1 aliphatic rings. The second kappa shape index (κ2) is 4.85. The van der Waals surface area contributed by atoms with Crippen LogP contribution >= 0.6 is 0 Å². The van der Waals surface area contributed by atoms with Gasteiger partial charge in [-0.1, -0.05) is 6.08 Å². The number of ether oxygens (including phenoxy) is 2. The monoisotopic (exact) mass is 264 g/mol. The Kier molecular flexibility index (Phi) is 3.54.